The van der Waals surface area contributed by atoms with Crippen molar-refractivity contribution in [1.82, 2.24) is 0 Å². The molecule has 17 heavy (non-hydrogen) atoms. The molecule has 1 saturated carbocycles. The smallest absolute Gasteiger partial charge is 0.310 e. The molecule has 0 heterocycles. The van der Waals surface area contributed by atoms with Crippen LogP contribution >= 0.6 is 0 Å². The molecule has 1 aromatic rings. The molecule has 0 saturated heterocycles. The van der Waals surface area contributed by atoms with E-state index in [1.54, 1.807) is 6.08 Å². The second-order valence-corrected chi connectivity index (χ2v) is 4.52. The standard InChI is InChI=1S/C15H18O2/c1-2-12-7-9-13(10-8-12)11-15(16)17-14-5-3-4-6-14/h2,7-10,14H,1,3-6,11H2. The summed E-state index contributed by atoms with van der Waals surface area (Å²) in [5.41, 5.74) is 2.07. The lowest BCUT2D eigenvalue weighted by molar-refractivity contribution is -0.147. The Hall–Kier alpha value is -1.57. The number of carbonyl (C=O) groups is 1. The van der Waals surface area contributed by atoms with Gasteiger partial charge in [0.05, 0.1) is 6.42 Å². The molecule has 0 bridgehead atoms. The van der Waals surface area contributed by atoms with Gasteiger partial charge in [-0.1, -0.05) is 36.9 Å². The van der Waals surface area contributed by atoms with Crippen molar-refractivity contribution in [2.75, 3.05) is 0 Å². The van der Waals surface area contributed by atoms with Crippen LogP contribution in [0.25, 0.3) is 6.08 Å². The fraction of sp³-hybridized carbons (Fsp3) is 0.400. The zero-order valence-corrected chi connectivity index (χ0v) is 10.0. The van der Waals surface area contributed by atoms with E-state index >= 15 is 0 Å². The van der Waals surface area contributed by atoms with Gasteiger partial charge in [-0.25, -0.2) is 0 Å². The third-order valence-electron chi connectivity index (χ3n) is 3.16. The zero-order valence-electron chi connectivity index (χ0n) is 10.0. The molecule has 1 aromatic carbocycles. The maximum atomic E-state index is 11.7. The van der Waals surface area contributed by atoms with Crippen LogP contribution in [0.1, 0.15) is 36.8 Å². The molecule has 2 rings (SSSR count). The number of rotatable bonds is 4. The Morgan fingerprint density at radius 3 is 2.53 bits per heavy atom. The Labute approximate surface area is 102 Å². The lowest BCUT2D eigenvalue weighted by atomic mass is 10.1. The molecule has 0 aromatic heterocycles. The molecule has 0 amide bonds. The summed E-state index contributed by atoms with van der Waals surface area (Å²) in [5.74, 6) is -0.108. The molecule has 2 nitrogen and oxygen atoms in total. The van der Waals surface area contributed by atoms with E-state index in [-0.39, 0.29) is 12.1 Å². The van der Waals surface area contributed by atoms with Crippen LogP contribution in [0.15, 0.2) is 30.8 Å². The number of hydrogen-bond donors (Lipinski definition) is 0. The van der Waals surface area contributed by atoms with Crippen molar-refractivity contribution in [1.29, 1.82) is 0 Å². The Bertz CT molecular complexity index is 386. The molecule has 0 spiro atoms. The number of benzene rings is 1. The molecular formula is C15H18O2. The summed E-state index contributed by atoms with van der Waals surface area (Å²) in [5, 5.41) is 0. The number of ether oxygens (including phenoxy) is 1. The van der Waals surface area contributed by atoms with E-state index in [1.165, 1.54) is 12.8 Å². The van der Waals surface area contributed by atoms with Crippen LogP contribution < -0.4 is 0 Å². The maximum Gasteiger partial charge on any atom is 0.310 e. The van der Waals surface area contributed by atoms with Crippen molar-refractivity contribution in [3.63, 3.8) is 0 Å². The molecule has 1 aliphatic carbocycles. The van der Waals surface area contributed by atoms with Gasteiger partial charge in [0.1, 0.15) is 6.10 Å². The van der Waals surface area contributed by atoms with Crippen LogP contribution in [-0.2, 0) is 16.0 Å². The van der Waals surface area contributed by atoms with Crippen LogP contribution in [0.3, 0.4) is 0 Å². The summed E-state index contributed by atoms with van der Waals surface area (Å²) in [6, 6.07) is 7.83. The predicted octanol–water partition coefficient (Wildman–Crippen LogP) is 3.36. The molecule has 0 atom stereocenters. The minimum Gasteiger partial charge on any atom is -0.462 e. The largest absolute Gasteiger partial charge is 0.462 e. The Morgan fingerprint density at radius 1 is 1.29 bits per heavy atom. The summed E-state index contributed by atoms with van der Waals surface area (Å²) in [6.07, 6.45) is 6.75. The van der Waals surface area contributed by atoms with Crippen molar-refractivity contribution in [2.45, 2.75) is 38.2 Å². The molecule has 0 radical (unpaired) electrons. The fourth-order valence-electron chi connectivity index (χ4n) is 2.17. The highest BCUT2D eigenvalue weighted by Gasteiger charge is 2.19. The molecular weight excluding hydrogens is 212 g/mol. The highest BCUT2D eigenvalue weighted by Crippen LogP contribution is 2.21. The Balaban J connectivity index is 1.86. The predicted molar refractivity (Wildman–Crippen MR) is 68.6 cm³/mol. The Kier molecular flexibility index (Phi) is 3.97. The quantitative estimate of drug-likeness (QED) is 0.741. The van der Waals surface area contributed by atoms with Crippen LogP contribution in [0.2, 0.25) is 0 Å². The lowest BCUT2D eigenvalue weighted by Crippen LogP contribution is -2.16. The SMILES string of the molecule is C=Cc1ccc(CC(=O)OC2CCCC2)cc1. The van der Waals surface area contributed by atoms with Gasteiger partial charge >= 0.3 is 5.97 Å². The topological polar surface area (TPSA) is 26.3 Å². The van der Waals surface area contributed by atoms with Gasteiger partial charge in [-0.15, -0.1) is 0 Å². The summed E-state index contributed by atoms with van der Waals surface area (Å²) >= 11 is 0. The average Bonchev–Trinajstić information content (AvgIpc) is 2.82. The van der Waals surface area contributed by atoms with Crippen LogP contribution in [-0.4, -0.2) is 12.1 Å². The van der Waals surface area contributed by atoms with Crippen LogP contribution in [0.4, 0.5) is 0 Å². The van der Waals surface area contributed by atoms with E-state index < -0.39 is 0 Å². The van der Waals surface area contributed by atoms with E-state index in [9.17, 15) is 4.79 Å². The zero-order chi connectivity index (χ0) is 12.1. The van der Waals surface area contributed by atoms with Crippen molar-refractivity contribution < 1.29 is 9.53 Å². The molecule has 1 fully saturated rings. The first-order chi connectivity index (χ1) is 8.28. The maximum absolute atomic E-state index is 11.7. The second-order valence-electron chi connectivity index (χ2n) is 4.52. The number of esters is 1. The second kappa shape index (κ2) is 5.67. The molecule has 90 valence electrons. The number of hydrogen-bond acceptors (Lipinski definition) is 2. The highest BCUT2D eigenvalue weighted by atomic mass is 16.5. The van der Waals surface area contributed by atoms with Crippen LogP contribution in [0.5, 0.6) is 0 Å². The Morgan fingerprint density at radius 2 is 1.94 bits per heavy atom. The van der Waals surface area contributed by atoms with Gasteiger partial charge < -0.3 is 4.74 Å². The first kappa shape index (κ1) is 11.9. The van der Waals surface area contributed by atoms with E-state index in [1.807, 2.05) is 24.3 Å². The molecule has 0 N–H and O–H groups in total. The third kappa shape index (κ3) is 3.45. The first-order valence-electron chi connectivity index (χ1n) is 6.19. The minimum absolute atomic E-state index is 0.108. The van der Waals surface area contributed by atoms with Crippen molar-refractivity contribution in [3.05, 3.63) is 42.0 Å². The summed E-state index contributed by atoms with van der Waals surface area (Å²) in [6.45, 7) is 3.70. The molecule has 0 unspecified atom stereocenters. The van der Waals surface area contributed by atoms with Gasteiger partial charge in [0.15, 0.2) is 0 Å². The van der Waals surface area contributed by atoms with Crippen molar-refractivity contribution in [2.24, 2.45) is 0 Å². The van der Waals surface area contributed by atoms with E-state index in [4.69, 9.17) is 4.74 Å². The summed E-state index contributed by atoms with van der Waals surface area (Å²) < 4.78 is 5.41. The van der Waals surface area contributed by atoms with Gasteiger partial charge in [-0.05, 0) is 36.8 Å². The van der Waals surface area contributed by atoms with E-state index in [0.717, 1.165) is 24.0 Å². The van der Waals surface area contributed by atoms with Crippen molar-refractivity contribution >= 4 is 12.0 Å². The number of carbonyl (C=O) groups excluding carboxylic acids is 1. The van der Waals surface area contributed by atoms with E-state index in [2.05, 4.69) is 6.58 Å². The monoisotopic (exact) mass is 230 g/mol. The van der Waals surface area contributed by atoms with Gasteiger partial charge in [-0.3, -0.25) is 4.79 Å². The van der Waals surface area contributed by atoms with Gasteiger partial charge in [-0.2, -0.15) is 0 Å². The lowest BCUT2D eigenvalue weighted by Gasteiger charge is -2.11. The van der Waals surface area contributed by atoms with Crippen molar-refractivity contribution in [3.8, 4) is 0 Å². The van der Waals surface area contributed by atoms with Gasteiger partial charge in [0, 0.05) is 0 Å². The average molecular weight is 230 g/mol. The molecule has 2 heteroatoms. The highest BCUT2D eigenvalue weighted by molar-refractivity contribution is 5.72. The first-order valence-corrected chi connectivity index (χ1v) is 6.19. The van der Waals surface area contributed by atoms with Gasteiger partial charge in [0.25, 0.3) is 0 Å². The molecule has 0 aliphatic heterocycles. The summed E-state index contributed by atoms with van der Waals surface area (Å²) in [4.78, 5) is 11.7. The molecule has 1 aliphatic rings. The third-order valence-corrected chi connectivity index (χ3v) is 3.16. The minimum atomic E-state index is -0.108. The normalized spacial score (nSPS) is 15.8. The summed E-state index contributed by atoms with van der Waals surface area (Å²) in [7, 11) is 0. The van der Waals surface area contributed by atoms with Crippen LogP contribution in [0, 0.1) is 0 Å². The fourth-order valence-corrected chi connectivity index (χ4v) is 2.17. The van der Waals surface area contributed by atoms with Gasteiger partial charge in [0.2, 0.25) is 0 Å². The van der Waals surface area contributed by atoms with E-state index in [0.29, 0.717) is 6.42 Å².